The highest BCUT2D eigenvalue weighted by Gasteiger charge is 2.19. The first-order chi connectivity index (χ1) is 24.3. The summed E-state index contributed by atoms with van der Waals surface area (Å²) < 4.78 is 8.82. The van der Waals surface area contributed by atoms with Gasteiger partial charge in [-0.25, -0.2) is 0 Å². The molecule has 0 bridgehead atoms. The molecule has 8 aromatic carbocycles. The van der Waals surface area contributed by atoms with Gasteiger partial charge in [-0.2, -0.15) is 0 Å². The van der Waals surface area contributed by atoms with Crippen molar-refractivity contribution in [2.45, 2.75) is 0 Å². The summed E-state index contributed by atoms with van der Waals surface area (Å²) in [5, 5.41) is 7.13. The van der Waals surface area contributed by atoms with Gasteiger partial charge in [-0.3, -0.25) is 0 Å². The number of nitrogens with zero attached hydrogens (tertiary/aromatic N) is 2. The molecular formula is C46H30N2O. The Hall–Kier alpha value is -6.58. The number of hydrogen-bond donors (Lipinski definition) is 0. The molecule has 0 unspecified atom stereocenters. The largest absolute Gasteiger partial charge is 0.456 e. The maximum absolute atomic E-state index is 6.40. The van der Waals surface area contributed by atoms with Crippen LogP contribution in [-0.2, 0) is 0 Å². The van der Waals surface area contributed by atoms with E-state index in [0.29, 0.717) is 0 Å². The topological polar surface area (TPSA) is 21.3 Å². The van der Waals surface area contributed by atoms with Crippen molar-refractivity contribution in [2.75, 3.05) is 4.90 Å². The fourth-order valence-corrected chi connectivity index (χ4v) is 7.51. The van der Waals surface area contributed by atoms with Gasteiger partial charge in [0, 0.05) is 55.7 Å². The molecule has 0 amide bonds. The summed E-state index contributed by atoms with van der Waals surface area (Å²) in [5.74, 6) is 0. The van der Waals surface area contributed by atoms with Gasteiger partial charge in [0.2, 0.25) is 0 Å². The molecule has 0 N–H and O–H groups in total. The predicted molar refractivity (Wildman–Crippen MR) is 206 cm³/mol. The summed E-state index contributed by atoms with van der Waals surface area (Å²) >= 11 is 0. The van der Waals surface area contributed by atoms with E-state index in [9.17, 15) is 0 Å². The molecule has 2 heterocycles. The zero-order valence-electron chi connectivity index (χ0n) is 26.6. The van der Waals surface area contributed by atoms with Crippen LogP contribution >= 0.6 is 0 Å². The second kappa shape index (κ2) is 11.0. The summed E-state index contributed by atoms with van der Waals surface area (Å²) in [7, 11) is 0. The quantitative estimate of drug-likeness (QED) is 0.190. The number of furan rings is 1. The summed E-state index contributed by atoms with van der Waals surface area (Å²) in [6, 6.07) is 65.0. The molecule has 0 atom stereocenters. The highest BCUT2D eigenvalue weighted by atomic mass is 16.3. The Morgan fingerprint density at radius 2 is 1.02 bits per heavy atom. The van der Waals surface area contributed by atoms with Gasteiger partial charge in [-0.1, -0.05) is 115 Å². The lowest BCUT2D eigenvalue weighted by atomic mass is 10.0. The summed E-state index contributed by atoms with van der Waals surface area (Å²) in [4.78, 5) is 2.35. The van der Waals surface area contributed by atoms with Crippen molar-refractivity contribution in [1.29, 1.82) is 0 Å². The first-order valence-electron chi connectivity index (χ1n) is 16.7. The zero-order chi connectivity index (χ0) is 32.3. The maximum Gasteiger partial charge on any atom is 0.137 e. The third kappa shape index (κ3) is 4.44. The first kappa shape index (κ1) is 27.5. The highest BCUT2D eigenvalue weighted by Crippen LogP contribution is 2.43. The molecular weight excluding hydrogens is 597 g/mol. The van der Waals surface area contributed by atoms with Crippen LogP contribution in [0, 0.1) is 0 Å². The van der Waals surface area contributed by atoms with Crippen molar-refractivity contribution in [3.05, 3.63) is 182 Å². The van der Waals surface area contributed by atoms with Gasteiger partial charge in [0.15, 0.2) is 0 Å². The molecule has 2 aromatic heterocycles. The van der Waals surface area contributed by atoms with Crippen molar-refractivity contribution >= 4 is 71.6 Å². The van der Waals surface area contributed by atoms with Crippen molar-refractivity contribution in [3.8, 4) is 16.8 Å². The molecule has 0 aliphatic carbocycles. The lowest BCUT2D eigenvalue weighted by molar-refractivity contribution is 0.669. The van der Waals surface area contributed by atoms with Gasteiger partial charge in [0.1, 0.15) is 11.2 Å². The normalized spacial score (nSPS) is 11.7. The van der Waals surface area contributed by atoms with Gasteiger partial charge >= 0.3 is 0 Å². The maximum atomic E-state index is 6.40. The Morgan fingerprint density at radius 1 is 0.388 bits per heavy atom. The molecule has 0 saturated heterocycles. The highest BCUT2D eigenvalue weighted by molar-refractivity contribution is 6.19. The predicted octanol–water partition coefficient (Wildman–Crippen LogP) is 13.0. The number of rotatable bonds is 5. The molecule has 0 aliphatic rings. The Kier molecular flexibility index (Phi) is 6.18. The van der Waals surface area contributed by atoms with E-state index in [1.165, 1.54) is 43.7 Å². The molecule has 0 radical (unpaired) electrons. The van der Waals surface area contributed by atoms with E-state index in [2.05, 4.69) is 179 Å². The standard InChI is InChI=1S/C46H30N2O/c1-3-12-31(13-4-1)33-14-11-17-35(28-33)47(37-25-27-40-39-19-8-10-21-44(39)49-45(40)30-37)36-24-22-32-23-26-41-38-18-7-9-20-43(38)48(46(41)42(32)29-36)34-15-5-2-6-16-34/h1-30H. The van der Waals surface area contributed by atoms with E-state index in [0.717, 1.165) is 44.7 Å². The van der Waals surface area contributed by atoms with Crippen LogP contribution in [0.1, 0.15) is 0 Å². The van der Waals surface area contributed by atoms with Crippen LogP contribution in [0.4, 0.5) is 17.1 Å². The average molecular weight is 627 g/mol. The van der Waals surface area contributed by atoms with Crippen molar-refractivity contribution < 1.29 is 4.42 Å². The first-order valence-corrected chi connectivity index (χ1v) is 16.7. The van der Waals surface area contributed by atoms with Gasteiger partial charge in [-0.05, 0) is 77.2 Å². The SMILES string of the molecule is c1ccc(-c2cccc(N(c3ccc4c(c3)oc3ccccc34)c3ccc4ccc5c6ccccc6n(-c6ccccc6)c5c4c3)c2)cc1. The zero-order valence-corrected chi connectivity index (χ0v) is 26.6. The molecule has 3 nitrogen and oxygen atoms in total. The monoisotopic (exact) mass is 626 g/mol. The van der Waals surface area contributed by atoms with Crippen LogP contribution in [-0.4, -0.2) is 4.57 Å². The molecule has 49 heavy (non-hydrogen) atoms. The second-order valence-corrected chi connectivity index (χ2v) is 12.6. The minimum atomic E-state index is 0.871. The molecule has 0 fully saturated rings. The Balaban J connectivity index is 1.25. The van der Waals surface area contributed by atoms with Crippen LogP contribution < -0.4 is 4.90 Å². The molecule has 0 aliphatic heterocycles. The number of para-hydroxylation sites is 3. The van der Waals surface area contributed by atoms with E-state index in [-0.39, 0.29) is 0 Å². The van der Waals surface area contributed by atoms with Crippen LogP contribution in [0.15, 0.2) is 186 Å². The number of fused-ring (bicyclic) bond motifs is 8. The fourth-order valence-electron chi connectivity index (χ4n) is 7.51. The van der Waals surface area contributed by atoms with Gasteiger partial charge in [-0.15, -0.1) is 0 Å². The van der Waals surface area contributed by atoms with Crippen LogP contribution in [0.2, 0.25) is 0 Å². The molecule has 3 heteroatoms. The van der Waals surface area contributed by atoms with E-state index >= 15 is 0 Å². The minimum Gasteiger partial charge on any atom is -0.456 e. The lowest BCUT2D eigenvalue weighted by Crippen LogP contribution is -2.10. The number of aromatic nitrogens is 1. The average Bonchev–Trinajstić information content (AvgIpc) is 3.71. The van der Waals surface area contributed by atoms with Gasteiger partial charge in [0.05, 0.1) is 11.0 Å². The molecule has 0 spiro atoms. The van der Waals surface area contributed by atoms with Crippen LogP contribution in [0.25, 0.3) is 71.3 Å². The second-order valence-electron chi connectivity index (χ2n) is 12.6. The van der Waals surface area contributed by atoms with Crippen molar-refractivity contribution in [3.63, 3.8) is 0 Å². The smallest absolute Gasteiger partial charge is 0.137 e. The minimum absolute atomic E-state index is 0.871. The fraction of sp³-hybridized carbons (Fsp3) is 0. The van der Waals surface area contributed by atoms with Gasteiger partial charge in [0.25, 0.3) is 0 Å². The summed E-state index contributed by atoms with van der Waals surface area (Å²) in [5.41, 5.74) is 10.9. The Morgan fingerprint density at radius 3 is 1.90 bits per heavy atom. The van der Waals surface area contributed by atoms with Crippen LogP contribution in [0.5, 0.6) is 0 Å². The van der Waals surface area contributed by atoms with Crippen molar-refractivity contribution in [2.24, 2.45) is 0 Å². The summed E-state index contributed by atoms with van der Waals surface area (Å²) in [6.07, 6.45) is 0. The van der Waals surface area contributed by atoms with Crippen LogP contribution in [0.3, 0.4) is 0 Å². The van der Waals surface area contributed by atoms with E-state index < -0.39 is 0 Å². The molecule has 10 aromatic rings. The third-order valence-corrected chi connectivity index (χ3v) is 9.74. The Bertz CT molecular complexity index is 2830. The van der Waals surface area contributed by atoms with E-state index in [1.54, 1.807) is 0 Å². The van der Waals surface area contributed by atoms with Gasteiger partial charge < -0.3 is 13.9 Å². The van der Waals surface area contributed by atoms with E-state index in [4.69, 9.17) is 4.42 Å². The Labute approximate surface area is 283 Å². The number of anilines is 3. The third-order valence-electron chi connectivity index (χ3n) is 9.74. The van der Waals surface area contributed by atoms with Crippen molar-refractivity contribution in [1.82, 2.24) is 4.57 Å². The number of benzene rings is 8. The molecule has 0 saturated carbocycles. The molecule has 10 rings (SSSR count). The summed E-state index contributed by atoms with van der Waals surface area (Å²) in [6.45, 7) is 0. The molecule has 230 valence electrons. The number of hydrogen-bond acceptors (Lipinski definition) is 2. The lowest BCUT2D eigenvalue weighted by Gasteiger charge is -2.26. The van der Waals surface area contributed by atoms with E-state index in [1.807, 2.05) is 12.1 Å².